The minimum absolute atomic E-state index is 0.0762. The van der Waals surface area contributed by atoms with Crippen molar-refractivity contribution in [2.45, 2.75) is 6.54 Å². The quantitative estimate of drug-likeness (QED) is 0.882. The van der Waals surface area contributed by atoms with Crippen molar-refractivity contribution >= 4 is 17.5 Å². The van der Waals surface area contributed by atoms with Gasteiger partial charge in [0.2, 0.25) is 0 Å². The Morgan fingerprint density at radius 2 is 2.04 bits per heavy atom. The predicted octanol–water partition coefficient (Wildman–Crippen LogP) is 1.91. The highest BCUT2D eigenvalue weighted by Gasteiger charge is 2.13. The molecular weight excluding hydrogens is 332 g/mol. The van der Waals surface area contributed by atoms with Crippen LogP contribution in [0.15, 0.2) is 30.5 Å². The van der Waals surface area contributed by atoms with Crippen LogP contribution in [0, 0.1) is 11.6 Å². The minimum atomic E-state index is -0.847. The topological polar surface area (TPSA) is 79.4 Å². The Labute approximate surface area is 143 Å². The summed E-state index contributed by atoms with van der Waals surface area (Å²) in [6, 6.07) is 4.08. The molecule has 2 aromatic rings. The highest BCUT2D eigenvalue weighted by molar-refractivity contribution is 5.89. The van der Waals surface area contributed by atoms with Crippen LogP contribution < -0.4 is 15.5 Å². The molecule has 7 nitrogen and oxygen atoms in total. The van der Waals surface area contributed by atoms with E-state index in [2.05, 4.69) is 25.5 Å². The molecule has 0 radical (unpaired) electrons. The lowest BCUT2D eigenvalue weighted by Crippen LogP contribution is -2.37. The van der Waals surface area contributed by atoms with Gasteiger partial charge in [0, 0.05) is 25.4 Å². The van der Waals surface area contributed by atoms with Crippen LogP contribution in [0.25, 0.3) is 0 Å². The molecule has 1 fully saturated rings. The van der Waals surface area contributed by atoms with Crippen molar-refractivity contribution < 1.29 is 18.3 Å². The molecule has 2 amide bonds. The zero-order valence-corrected chi connectivity index (χ0v) is 13.3. The summed E-state index contributed by atoms with van der Waals surface area (Å²) in [6.45, 7) is 2.85. The van der Waals surface area contributed by atoms with Gasteiger partial charge in [-0.1, -0.05) is 0 Å². The number of urea groups is 1. The summed E-state index contributed by atoms with van der Waals surface area (Å²) >= 11 is 0. The van der Waals surface area contributed by atoms with Crippen LogP contribution in [0.5, 0.6) is 0 Å². The molecule has 0 saturated carbocycles. The third-order valence-corrected chi connectivity index (χ3v) is 3.61. The summed E-state index contributed by atoms with van der Waals surface area (Å²) in [5, 5.41) is 4.85. The number of benzene rings is 1. The van der Waals surface area contributed by atoms with E-state index in [1.165, 1.54) is 0 Å². The number of carbonyl (C=O) groups is 1. The number of carbonyl (C=O) groups excluding carboxylic acids is 1. The Hall–Kier alpha value is -2.81. The van der Waals surface area contributed by atoms with Crippen LogP contribution in [0.3, 0.4) is 0 Å². The molecule has 0 spiro atoms. The van der Waals surface area contributed by atoms with Crippen molar-refractivity contribution in [1.29, 1.82) is 0 Å². The normalized spacial score (nSPS) is 14.2. The van der Waals surface area contributed by atoms with E-state index in [1.54, 1.807) is 12.3 Å². The lowest BCUT2D eigenvalue weighted by Gasteiger charge is -2.27. The molecule has 0 atom stereocenters. The molecule has 2 heterocycles. The van der Waals surface area contributed by atoms with E-state index in [0.717, 1.165) is 31.0 Å². The Bertz CT molecular complexity index is 753. The second-order valence-corrected chi connectivity index (χ2v) is 5.36. The van der Waals surface area contributed by atoms with Crippen molar-refractivity contribution in [3.8, 4) is 0 Å². The summed E-state index contributed by atoms with van der Waals surface area (Å²) in [4.78, 5) is 22.4. The van der Waals surface area contributed by atoms with Gasteiger partial charge in [-0.3, -0.25) is 0 Å². The predicted molar refractivity (Wildman–Crippen MR) is 87.3 cm³/mol. The molecule has 1 aromatic heterocycles. The Balaban J connectivity index is 1.56. The Morgan fingerprint density at radius 3 is 2.80 bits per heavy atom. The fourth-order valence-corrected chi connectivity index (χ4v) is 2.36. The number of nitrogens with one attached hydrogen (secondary N) is 2. The lowest BCUT2D eigenvalue weighted by atomic mass is 10.3. The molecule has 25 heavy (non-hydrogen) atoms. The van der Waals surface area contributed by atoms with Gasteiger partial charge in [-0.25, -0.2) is 23.5 Å². The first-order valence-corrected chi connectivity index (χ1v) is 7.76. The maximum Gasteiger partial charge on any atom is 0.319 e. The Morgan fingerprint density at radius 1 is 1.24 bits per heavy atom. The molecule has 1 saturated heterocycles. The maximum absolute atomic E-state index is 13.5. The van der Waals surface area contributed by atoms with Gasteiger partial charge in [0.15, 0.2) is 0 Å². The van der Waals surface area contributed by atoms with E-state index in [9.17, 15) is 13.6 Å². The van der Waals surface area contributed by atoms with Gasteiger partial charge in [0.1, 0.15) is 23.3 Å². The van der Waals surface area contributed by atoms with Crippen LogP contribution in [0.1, 0.15) is 5.82 Å². The SMILES string of the molecule is O=C(NCc1nccc(N2CCOCC2)n1)Nc1ccc(F)cc1F. The smallest absolute Gasteiger partial charge is 0.319 e. The molecule has 132 valence electrons. The molecule has 3 rings (SSSR count). The van der Waals surface area contributed by atoms with Crippen molar-refractivity contribution in [2.24, 2.45) is 0 Å². The molecule has 1 aliphatic rings. The molecule has 1 aromatic carbocycles. The number of halogens is 2. The zero-order valence-electron chi connectivity index (χ0n) is 13.3. The van der Waals surface area contributed by atoms with E-state index in [0.29, 0.717) is 25.1 Å². The van der Waals surface area contributed by atoms with Crippen molar-refractivity contribution in [3.05, 3.63) is 47.9 Å². The molecule has 2 N–H and O–H groups in total. The number of rotatable bonds is 4. The van der Waals surface area contributed by atoms with E-state index < -0.39 is 17.7 Å². The van der Waals surface area contributed by atoms with Crippen LogP contribution in [-0.4, -0.2) is 42.3 Å². The lowest BCUT2D eigenvalue weighted by molar-refractivity contribution is 0.122. The molecule has 9 heteroatoms. The van der Waals surface area contributed by atoms with Crippen LogP contribution >= 0.6 is 0 Å². The standard InChI is InChI=1S/C16H17F2N5O2/c17-11-1-2-13(12(18)9-11)21-16(24)20-10-14-19-4-3-15(22-14)23-5-7-25-8-6-23/h1-4,9H,5-8,10H2,(H2,20,21,24). The number of anilines is 2. The average molecular weight is 349 g/mol. The fourth-order valence-electron chi connectivity index (χ4n) is 2.36. The minimum Gasteiger partial charge on any atom is -0.378 e. The third-order valence-electron chi connectivity index (χ3n) is 3.61. The summed E-state index contributed by atoms with van der Waals surface area (Å²) in [7, 11) is 0. The van der Waals surface area contributed by atoms with Crippen LogP contribution in [-0.2, 0) is 11.3 Å². The molecule has 0 unspecified atom stereocenters. The highest BCUT2D eigenvalue weighted by atomic mass is 19.1. The van der Waals surface area contributed by atoms with Gasteiger partial charge in [-0.05, 0) is 18.2 Å². The first-order valence-electron chi connectivity index (χ1n) is 7.76. The van der Waals surface area contributed by atoms with E-state index in [4.69, 9.17) is 4.74 Å². The van der Waals surface area contributed by atoms with Crippen molar-refractivity contribution in [1.82, 2.24) is 15.3 Å². The second kappa shape index (κ2) is 7.84. The molecule has 0 bridgehead atoms. The maximum atomic E-state index is 13.5. The first kappa shape index (κ1) is 17.0. The van der Waals surface area contributed by atoms with Crippen LogP contribution in [0.2, 0.25) is 0 Å². The summed E-state index contributed by atoms with van der Waals surface area (Å²) < 4.78 is 31.7. The summed E-state index contributed by atoms with van der Waals surface area (Å²) in [5.74, 6) is -0.365. The number of aromatic nitrogens is 2. The van der Waals surface area contributed by atoms with Gasteiger partial charge >= 0.3 is 6.03 Å². The van der Waals surface area contributed by atoms with Crippen LogP contribution in [0.4, 0.5) is 25.1 Å². The second-order valence-electron chi connectivity index (χ2n) is 5.36. The van der Waals surface area contributed by atoms with Gasteiger partial charge in [0.25, 0.3) is 0 Å². The first-order chi connectivity index (χ1) is 12.1. The van der Waals surface area contributed by atoms with E-state index in [-0.39, 0.29) is 12.2 Å². The number of nitrogens with zero attached hydrogens (tertiary/aromatic N) is 3. The van der Waals surface area contributed by atoms with Gasteiger partial charge in [-0.15, -0.1) is 0 Å². The molecular formula is C16H17F2N5O2. The average Bonchev–Trinajstić information content (AvgIpc) is 2.63. The van der Waals surface area contributed by atoms with Gasteiger partial charge < -0.3 is 20.3 Å². The zero-order chi connectivity index (χ0) is 17.6. The summed E-state index contributed by atoms with van der Waals surface area (Å²) in [6.07, 6.45) is 1.62. The fraction of sp³-hybridized carbons (Fsp3) is 0.312. The largest absolute Gasteiger partial charge is 0.378 e. The number of hydrogen-bond acceptors (Lipinski definition) is 5. The molecule has 0 aliphatic carbocycles. The monoisotopic (exact) mass is 349 g/mol. The van der Waals surface area contributed by atoms with Gasteiger partial charge in [-0.2, -0.15) is 0 Å². The number of amides is 2. The molecule has 1 aliphatic heterocycles. The van der Waals surface area contributed by atoms with E-state index >= 15 is 0 Å². The van der Waals surface area contributed by atoms with Crippen molar-refractivity contribution in [3.63, 3.8) is 0 Å². The number of morpholine rings is 1. The van der Waals surface area contributed by atoms with Gasteiger partial charge in [0.05, 0.1) is 25.4 Å². The van der Waals surface area contributed by atoms with E-state index in [1.807, 2.05) is 0 Å². The Kier molecular flexibility index (Phi) is 5.34. The van der Waals surface area contributed by atoms with Crippen molar-refractivity contribution in [2.75, 3.05) is 36.5 Å². The highest BCUT2D eigenvalue weighted by Crippen LogP contribution is 2.15. The number of ether oxygens (including phenoxy) is 1. The number of hydrogen-bond donors (Lipinski definition) is 2. The third kappa shape index (κ3) is 4.60. The summed E-state index contributed by atoms with van der Waals surface area (Å²) in [5.41, 5.74) is -0.109.